The van der Waals surface area contributed by atoms with Crippen LogP contribution in [0.5, 0.6) is 11.5 Å². The first-order valence-electron chi connectivity index (χ1n) is 5.76. The number of ether oxygens (including phenoxy) is 2. The lowest BCUT2D eigenvalue weighted by atomic mass is 10.0. The summed E-state index contributed by atoms with van der Waals surface area (Å²) < 4.78 is 12.5. The van der Waals surface area contributed by atoms with Crippen LogP contribution in [-0.4, -0.2) is 23.8 Å². The Balaban J connectivity index is 2.75. The van der Waals surface area contributed by atoms with E-state index in [4.69, 9.17) is 14.7 Å². The molecule has 0 saturated carbocycles. The van der Waals surface area contributed by atoms with Crippen molar-refractivity contribution >= 4 is 0 Å². The van der Waals surface area contributed by atoms with Gasteiger partial charge in [-0.3, -0.25) is 0 Å². The van der Waals surface area contributed by atoms with Crippen molar-refractivity contribution in [3.8, 4) is 28.8 Å². The van der Waals surface area contributed by atoms with Crippen LogP contribution in [0.4, 0.5) is 0 Å². The second-order valence-electron chi connectivity index (χ2n) is 4.19. The number of hydrogen-bond donors (Lipinski definition) is 0. The molecule has 0 fully saturated rings. The van der Waals surface area contributed by atoms with Gasteiger partial charge in [-0.2, -0.15) is 5.26 Å². The van der Waals surface area contributed by atoms with E-state index in [0.717, 1.165) is 22.6 Å². The Hall–Kier alpha value is -2.48. The summed E-state index contributed by atoms with van der Waals surface area (Å²) in [6.45, 7) is 1.95. The Morgan fingerprint density at radius 2 is 2.00 bits per heavy atom. The van der Waals surface area contributed by atoms with Crippen LogP contribution in [0, 0.1) is 18.3 Å². The first kappa shape index (κ1) is 13.0. The van der Waals surface area contributed by atoms with Crippen molar-refractivity contribution in [3.05, 3.63) is 29.7 Å². The summed E-state index contributed by atoms with van der Waals surface area (Å²) in [7, 11) is 5.06. The number of methoxy groups -OCH3 is 2. The van der Waals surface area contributed by atoms with Crippen LogP contribution in [-0.2, 0) is 7.05 Å². The molecule has 0 radical (unpaired) electrons. The Morgan fingerprint density at radius 1 is 1.26 bits per heavy atom. The highest BCUT2D eigenvalue weighted by Crippen LogP contribution is 2.37. The molecular formula is C14H15N3O2. The number of hydrogen-bond acceptors (Lipinski definition) is 4. The van der Waals surface area contributed by atoms with Gasteiger partial charge in [-0.05, 0) is 18.6 Å². The first-order valence-corrected chi connectivity index (χ1v) is 5.76. The number of aromatic nitrogens is 2. The lowest BCUT2D eigenvalue weighted by molar-refractivity contribution is 0.394. The molecule has 98 valence electrons. The lowest BCUT2D eigenvalue weighted by Crippen LogP contribution is -1.99. The first-order chi connectivity index (χ1) is 9.12. The fourth-order valence-electron chi connectivity index (χ4n) is 2.11. The average Bonchev–Trinajstić information content (AvgIpc) is 2.78. The summed E-state index contributed by atoms with van der Waals surface area (Å²) >= 11 is 0. The molecule has 0 aliphatic rings. The Kier molecular flexibility index (Phi) is 3.43. The SMILES string of the molecule is COc1cc(C)c(-c2c(C#N)ncn2C)c(OC)c1. The summed E-state index contributed by atoms with van der Waals surface area (Å²) in [6.07, 6.45) is 1.62. The minimum absolute atomic E-state index is 0.383. The number of rotatable bonds is 3. The molecule has 0 aliphatic heterocycles. The van der Waals surface area contributed by atoms with E-state index >= 15 is 0 Å². The van der Waals surface area contributed by atoms with Crippen LogP contribution in [0.1, 0.15) is 11.3 Å². The number of benzene rings is 1. The largest absolute Gasteiger partial charge is 0.497 e. The molecule has 5 nitrogen and oxygen atoms in total. The van der Waals surface area contributed by atoms with E-state index in [1.54, 1.807) is 26.6 Å². The third kappa shape index (κ3) is 2.13. The predicted octanol–water partition coefficient (Wildman–Crippen LogP) is 2.28. The van der Waals surface area contributed by atoms with E-state index in [0.29, 0.717) is 11.4 Å². The minimum Gasteiger partial charge on any atom is -0.497 e. The maximum absolute atomic E-state index is 9.16. The molecule has 1 aromatic heterocycles. The van der Waals surface area contributed by atoms with E-state index in [-0.39, 0.29) is 0 Å². The van der Waals surface area contributed by atoms with Crippen molar-refractivity contribution < 1.29 is 9.47 Å². The van der Waals surface area contributed by atoms with E-state index in [1.165, 1.54) is 0 Å². The van der Waals surface area contributed by atoms with Gasteiger partial charge in [0.05, 0.1) is 26.2 Å². The van der Waals surface area contributed by atoms with Crippen LogP contribution in [0.15, 0.2) is 18.5 Å². The molecule has 0 saturated heterocycles. The molecule has 0 atom stereocenters. The van der Waals surface area contributed by atoms with Gasteiger partial charge < -0.3 is 14.0 Å². The second-order valence-corrected chi connectivity index (χ2v) is 4.19. The zero-order valence-corrected chi connectivity index (χ0v) is 11.4. The average molecular weight is 257 g/mol. The van der Waals surface area contributed by atoms with Gasteiger partial charge in [0.25, 0.3) is 0 Å². The smallest absolute Gasteiger partial charge is 0.166 e. The van der Waals surface area contributed by atoms with E-state index in [2.05, 4.69) is 11.1 Å². The molecular weight excluding hydrogens is 242 g/mol. The van der Waals surface area contributed by atoms with Crippen LogP contribution < -0.4 is 9.47 Å². The maximum atomic E-state index is 9.16. The molecule has 5 heteroatoms. The minimum atomic E-state index is 0.383. The van der Waals surface area contributed by atoms with Crippen molar-refractivity contribution in [1.29, 1.82) is 5.26 Å². The van der Waals surface area contributed by atoms with Gasteiger partial charge in [0, 0.05) is 18.7 Å². The highest BCUT2D eigenvalue weighted by Gasteiger charge is 2.18. The van der Waals surface area contributed by atoms with Gasteiger partial charge in [-0.15, -0.1) is 0 Å². The van der Waals surface area contributed by atoms with Crippen molar-refractivity contribution in [3.63, 3.8) is 0 Å². The highest BCUT2D eigenvalue weighted by molar-refractivity contribution is 5.76. The van der Waals surface area contributed by atoms with Crippen molar-refractivity contribution in [2.75, 3.05) is 14.2 Å². The molecule has 0 aliphatic carbocycles. The van der Waals surface area contributed by atoms with Gasteiger partial charge in [0.1, 0.15) is 17.6 Å². The quantitative estimate of drug-likeness (QED) is 0.846. The summed E-state index contributed by atoms with van der Waals surface area (Å²) in [6, 6.07) is 5.81. The Labute approximate surface area is 112 Å². The second kappa shape index (κ2) is 5.02. The van der Waals surface area contributed by atoms with E-state index in [1.807, 2.05) is 24.6 Å². The summed E-state index contributed by atoms with van der Waals surface area (Å²) in [4.78, 5) is 4.08. The molecule has 19 heavy (non-hydrogen) atoms. The van der Waals surface area contributed by atoms with Crippen LogP contribution in [0.3, 0.4) is 0 Å². The topological polar surface area (TPSA) is 60.1 Å². The number of aryl methyl sites for hydroxylation is 2. The normalized spacial score (nSPS) is 10.1. The summed E-state index contributed by atoms with van der Waals surface area (Å²) in [5.41, 5.74) is 2.96. The lowest BCUT2D eigenvalue weighted by Gasteiger charge is -2.14. The van der Waals surface area contributed by atoms with Crippen molar-refractivity contribution in [2.24, 2.45) is 7.05 Å². The van der Waals surface area contributed by atoms with E-state index in [9.17, 15) is 0 Å². The predicted molar refractivity (Wildman–Crippen MR) is 71.2 cm³/mol. The Bertz CT molecular complexity index is 653. The molecule has 1 aromatic carbocycles. The monoisotopic (exact) mass is 257 g/mol. The van der Waals surface area contributed by atoms with Gasteiger partial charge in [0.2, 0.25) is 0 Å². The van der Waals surface area contributed by atoms with Crippen LogP contribution in [0.2, 0.25) is 0 Å². The molecule has 0 bridgehead atoms. The third-order valence-electron chi connectivity index (χ3n) is 3.01. The molecule has 2 rings (SSSR count). The fourth-order valence-corrected chi connectivity index (χ4v) is 2.11. The van der Waals surface area contributed by atoms with Gasteiger partial charge in [-0.1, -0.05) is 0 Å². The third-order valence-corrected chi connectivity index (χ3v) is 3.01. The fraction of sp³-hybridized carbons (Fsp3) is 0.286. The zero-order valence-electron chi connectivity index (χ0n) is 11.4. The van der Waals surface area contributed by atoms with Gasteiger partial charge >= 0.3 is 0 Å². The molecule has 0 amide bonds. The van der Waals surface area contributed by atoms with E-state index < -0.39 is 0 Å². The Morgan fingerprint density at radius 3 is 2.58 bits per heavy atom. The van der Waals surface area contributed by atoms with Gasteiger partial charge in [-0.25, -0.2) is 4.98 Å². The van der Waals surface area contributed by atoms with Gasteiger partial charge in [0.15, 0.2) is 5.69 Å². The summed E-state index contributed by atoms with van der Waals surface area (Å²) in [5.74, 6) is 1.38. The number of imidazole rings is 1. The summed E-state index contributed by atoms with van der Waals surface area (Å²) in [5, 5.41) is 9.16. The maximum Gasteiger partial charge on any atom is 0.166 e. The zero-order chi connectivity index (χ0) is 14.0. The van der Waals surface area contributed by atoms with Crippen LogP contribution in [0.25, 0.3) is 11.3 Å². The molecule has 2 aromatic rings. The number of nitriles is 1. The van der Waals surface area contributed by atoms with Crippen LogP contribution >= 0.6 is 0 Å². The standard InChI is InChI=1S/C14H15N3O2/c1-9-5-10(18-3)6-12(19-4)13(9)14-11(7-15)16-8-17(14)2/h5-6,8H,1-4H3. The van der Waals surface area contributed by atoms with Crippen molar-refractivity contribution in [1.82, 2.24) is 9.55 Å². The molecule has 0 spiro atoms. The van der Waals surface area contributed by atoms with Crippen molar-refractivity contribution in [2.45, 2.75) is 6.92 Å². The highest BCUT2D eigenvalue weighted by atomic mass is 16.5. The molecule has 1 heterocycles. The number of nitrogens with zero attached hydrogens (tertiary/aromatic N) is 3. The molecule has 0 unspecified atom stereocenters. The molecule has 0 N–H and O–H groups in total.